The molecule has 1 unspecified atom stereocenters. The molecule has 2 aromatic rings. The van der Waals surface area contributed by atoms with Crippen molar-refractivity contribution < 1.29 is 9.90 Å². The second-order valence-electron chi connectivity index (χ2n) is 5.79. The summed E-state index contributed by atoms with van der Waals surface area (Å²) < 4.78 is 2.03. The molecule has 23 heavy (non-hydrogen) atoms. The Balaban J connectivity index is 1.59. The zero-order valence-corrected chi connectivity index (χ0v) is 13.1. The second-order valence-corrected chi connectivity index (χ2v) is 5.79. The first-order valence-corrected chi connectivity index (χ1v) is 7.97. The molecule has 1 saturated heterocycles. The topological polar surface area (TPSA) is 70.4 Å². The first-order chi connectivity index (χ1) is 11.3. The molecular formula is C17H22N4O2. The predicted octanol–water partition coefficient (Wildman–Crippen LogP) is 1.60. The monoisotopic (exact) mass is 314 g/mol. The maximum absolute atomic E-state index is 12.2. The van der Waals surface area contributed by atoms with Crippen molar-refractivity contribution in [1.29, 1.82) is 0 Å². The third-order valence-corrected chi connectivity index (χ3v) is 4.24. The van der Waals surface area contributed by atoms with E-state index in [0.29, 0.717) is 13.1 Å². The summed E-state index contributed by atoms with van der Waals surface area (Å²) in [5.41, 5.74) is 1.19. The fourth-order valence-electron chi connectivity index (χ4n) is 2.98. The number of carbonyl (C=O) groups excluding carboxylic acids is 1. The molecule has 6 heteroatoms. The van der Waals surface area contributed by atoms with Crippen molar-refractivity contribution in [3.05, 3.63) is 54.1 Å². The third-order valence-electron chi connectivity index (χ3n) is 4.24. The quantitative estimate of drug-likeness (QED) is 0.880. The Labute approximate surface area is 135 Å². The Morgan fingerprint density at radius 2 is 2.17 bits per heavy atom. The Bertz CT molecular complexity index is 641. The molecule has 1 aromatic carbocycles. The van der Waals surface area contributed by atoms with Gasteiger partial charge in [-0.2, -0.15) is 0 Å². The van der Waals surface area contributed by atoms with Crippen LogP contribution in [0.5, 0.6) is 0 Å². The van der Waals surface area contributed by atoms with E-state index in [1.807, 2.05) is 29.0 Å². The molecule has 2 amide bonds. The van der Waals surface area contributed by atoms with Gasteiger partial charge in [0.1, 0.15) is 5.82 Å². The summed E-state index contributed by atoms with van der Waals surface area (Å²) in [6.07, 6.45) is 5.48. The van der Waals surface area contributed by atoms with Crippen molar-refractivity contribution in [3.8, 4) is 0 Å². The molecule has 1 aliphatic rings. The molecule has 3 rings (SSSR count). The predicted molar refractivity (Wildman–Crippen MR) is 86.8 cm³/mol. The molecule has 0 bridgehead atoms. The SMILES string of the molecule is O=C(NCc1nccn1Cc1ccccc1)N1CCCC1CO. The van der Waals surface area contributed by atoms with Crippen LogP contribution in [-0.2, 0) is 13.1 Å². The Morgan fingerprint density at radius 1 is 1.35 bits per heavy atom. The van der Waals surface area contributed by atoms with Crippen LogP contribution in [0.1, 0.15) is 24.2 Å². The van der Waals surface area contributed by atoms with Gasteiger partial charge in [-0.25, -0.2) is 9.78 Å². The van der Waals surface area contributed by atoms with Crippen LogP contribution in [0.25, 0.3) is 0 Å². The lowest BCUT2D eigenvalue weighted by atomic mass is 10.2. The maximum atomic E-state index is 12.2. The van der Waals surface area contributed by atoms with E-state index in [4.69, 9.17) is 0 Å². The van der Waals surface area contributed by atoms with Crippen molar-refractivity contribution >= 4 is 6.03 Å². The van der Waals surface area contributed by atoms with Crippen LogP contribution in [0.4, 0.5) is 4.79 Å². The maximum Gasteiger partial charge on any atom is 0.318 e. The Morgan fingerprint density at radius 3 is 2.96 bits per heavy atom. The number of hydrogen-bond acceptors (Lipinski definition) is 3. The lowest BCUT2D eigenvalue weighted by Gasteiger charge is -2.23. The van der Waals surface area contributed by atoms with Crippen LogP contribution in [-0.4, -0.2) is 44.8 Å². The van der Waals surface area contributed by atoms with Crippen molar-refractivity contribution in [3.63, 3.8) is 0 Å². The molecule has 0 spiro atoms. The number of nitrogens with zero attached hydrogens (tertiary/aromatic N) is 3. The smallest absolute Gasteiger partial charge is 0.318 e. The number of amides is 2. The molecule has 0 saturated carbocycles. The average Bonchev–Trinajstić information content (AvgIpc) is 3.22. The van der Waals surface area contributed by atoms with Crippen LogP contribution < -0.4 is 5.32 Å². The fourth-order valence-corrected chi connectivity index (χ4v) is 2.98. The summed E-state index contributed by atoms with van der Waals surface area (Å²) in [7, 11) is 0. The van der Waals surface area contributed by atoms with Gasteiger partial charge in [0.15, 0.2) is 0 Å². The van der Waals surface area contributed by atoms with Crippen LogP contribution >= 0.6 is 0 Å². The number of aliphatic hydroxyl groups is 1. The van der Waals surface area contributed by atoms with E-state index in [1.54, 1.807) is 11.1 Å². The van der Waals surface area contributed by atoms with E-state index in [2.05, 4.69) is 22.4 Å². The van der Waals surface area contributed by atoms with Crippen LogP contribution in [0.15, 0.2) is 42.7 Å². The minimum atomic E-state index is -0.129. The Hall–Kier alpha value is -2.34. The normalized spacial score (nSPS) is 17.4. The van der Waals surface area contributed by atoms with Gasteiger partial charge in [0, 0.05) is 25.5 Å². The van der Waals surface area contributed by atoms with Gasteiger partial charge in [0.25, 0.3) is 0 Å². The van der Waals surface area contributed by atoms with Crippen molar-refractivity contribution in [1.82, 2.24) is 19.8 Å². The molecule has 2 heterocycles. The largest absolute Gasteiger partial charge is 0.394 e. The van der Waals surface area contributed by atoms with E-state index in [1.165, 1.54) is 5.56 Å². The number of aliphatic hydroxyl groups excluding tert-OH is 1. The fraction of sp³-hybridized carbons (Fsp3) is 0.412. The van der Waals surface area contributed by atoms with Crippen LogP contribution in [0, 0.1) is 0 Å². The zero-order valence-electron chi connectivity index (χ0n) is 13.1. The minimum Gasteiger partial charge on any atom is -0.394 e. The van der Waals surface area contributed by atoms with E-state index < -0.39 is 0 Å². The number of aromatic nitrogens is 2. The summed E-state index contributed by atoms with van der Waals surface area (Å²) in [5.74, 6) is 0.821. The molecule has 2 N–H and O–H groups in total. The number of hydrogen-bond donors (Lipinski definition) is 2. The highest BCUT2D eigenvalue weighted by Gasteiger charge is 2.27. The number of nitrogens with one attached hydrogen (secondary N) is 1. The van der Waals surface area contributed by atoms with Crippen molar-refractivity contribution in [2.75, 3.05) is 13.2 Å². The third kappa shape index (κ3) is 3.71. The van der Waals surface area contributed by atoms with Crippen LogP contribution in [0.2, 0.25) is 0 Å². The summed E-state index contributed by atoms with van der Waals surface area (Å²) in [6.45, 7) is 1.84. The molecule has 6 nitrogen and oxygen atoms in total. The van der Waals surface area contributed by atoms with Gasteiger partial charge in [0.05, 0.1) is 19.2 Å². The number of carbonyl (C=O) groups is 1. The minimum absolute atomic E-state index is 0.0239. The standard InChI is InChI=1S/C17H22N4O2/c22-13-15-7-4-9-21(15)17(23)19-11-16-18-8-10-20(16)12-14-5-2-1-3-6-14/h1-3,5-6,8,10,15,22H,4,7,9,11-13H2,(H,19,23). The molecule has 1 atom stereocenters. The summed E-state index contributed by atoms with van der Waals surface area (Å²) in [5, 5.41) is 12.2. The first-order valence-electron chi connectivity index (χ1n) is 7.97. The van der Waals surface area contributed by atoms with Crippen LogP contribution in [0.3, 0.4) is 0 Å². The molecule has 0 aliphatic carbocycles. The lowest BCUT2D eigenvalue weighted by Crippen LogP contribution is -2.44. The summed E-state index contributed by atoms with van der Waals surface area (Å²) in [4.78, 5) is 18.3. The molecule has 1 fully saturated rings. The zero-order chi connectivity index (χ0) is 16.1. The van der Waals surface area contributed by atoms with E-state index >= 15 is 0 Å². The number of likely N-dealkylation sites (tertiary alicyclic amines) is 1. The highest BCUT2D eigenvalue weighted by molar-refractivity contribution is 5.74. The average molecular weight is 314 g/mol. The molecule has 1 aromatic heterocycles. The molecule has 0 radical (unpaired) electrons. The first kappa shape index (κ1) is 15.6. The summed E-state index contributed by atoms with van der Waals surface area (Å²) in [6, 6.07) is 9.96. The van der Waals surface area contributed by atoms with Gasteiger partial charge in [-0.1, -0.05) is 30.3 Å². The van der Waals surface area contributed by atoms with E-state index in [9.17, 15) is 9.90 Å². The van der Waals surface area contributed by atoms with Gasteiger partial charge in [-0.15, -0.1) is 0 Å². The van der Waals surface area contributed by atoms with Gasteiger partial charge in [-0.05, 0) is 18.4 Å². The van der Waals surface area contributed by atoms with Crippen molar-refractivity contribution in [2.24, 2.45) is 0 Å². The molecule has 122 valence electrons. The number of rotatable bonds is 5. The van der Waals surface area contributed by atoms with E-state index in [0.717, 1.165) is 25.2 Å². The number of benzene rings is 1. The van der Waals surface area contributed by atoms with Gasteiger partial charge in [0.2, 0.25) is 0 Å². The molecule has 1 aliphatic heterocycles. The summed E-state index contributed by atoms with van der Waals surface area (Å²) >= 11 is 0. The number of urea groups is 1. The van der Waals surface area contributed by atoms with Gasteiger partial charge in [-0.3, -0.25) is 0 Å². The van der Waals surface area contributed by atoms with Crippen molar-refractivity contribution in [2.45, 2.75) is 32.0 Å². The highest BCUT2D eigenvalue weighted by Crippen LogP contribution is 2.16. The van der Waals surface area contributed by atoms with E-state index in [-0.39, 0.29) is 18.7 Å². The lowest BCUT2D eigenvalue weighted by molar-refractivity contribution is 0.156. The Kier molecular flexibility index (Phi) is 4.92. The highest BCUT2D eigenvalue weighted by atomic mass is 16.3. The second kappa shape index (κ2) is 7.28. The van der Waals surface area contributed by atoms with Gasteiger partial charge >= 0.3 is 6.03 Å². The molecular weight excluding hydrogens is 292 g/mol. The van der Waals surface area contributed by atoms with Gasteiger partial charge < -0.3 is 19.9 Å². The number of imidazole rings is 1.